The quantitative estimate of drug-likeness (QED) is 0.381. The van der Waals surface area contributed by atoms with E-state index in [-0.39, 0.29) is 0 Å². The van der Waals surface area contributed by atoms with E-state index in [1.165, 1.54) is 0 Å². The van der Waals surface area contributed by atoms with Crippen molar-refractivity contribution in [3.05, 3.63) is 0 Å². The van der Waals surface area contributed by atoms with Crippen LogP contribution < -0.4 is 0 Å². The predicted octanol–water partition coefficient (Wildman–Crippen LogP) is 0.916. The van der Waals surface area contributed by atoms with Gasteiger partial charge >= 0.3 is 46.5 Å². The van der Waals surface area contributed by atoms with Gasteiger partial charge in [0.1, 0.15) is 0 Å². The molecule has 0 aromatic carbocycles. The van der Waals surface area contributed by atoms with Crippen molar-refractivity contribution < 1.29 is 0 Å². The van der Waals surface area contributed by atoms with Crippen molar-refractivity contribution in [2.75, 3.05) is 0 Å². The van der Waals surface area contributed by atoms with E-state index in [2.05, 4.69) is 33.7 Å². The van der Waals surface area contributed by atoms with Crippen molar-refractivity contribution in [3.8, 4) is 10.7 Å². The van der Waals surface area contributed by atoms with Crippen molar-refractivity contribution in [1.82, 2.24) is 0 Å². The summed E-state index contributed by atoms with van der Waals surface area (Å²) in [5.74, 6) is 2.89. The van der Waals surface area contributed by atoms with Gasteiger partial charge in [-0.2, -0.15) is 0 Å². The molecule has 0 rings (SSSR count). The Bertz CT molecular complexity index is 65.7. The van der Waals surface area contributed by atoms with Gasteiger partial charge in [-0.05, 0) is 0 Å². The van der Waals surface area contributed by atoms with Crippen molar-refractivity contribution in [2.24, 2.45) is 0 Å². The van der Waals surface area contributed by atoms with Crippen LogP contribution in [0.5, 0.6) is 0 Å². The molecular weight excluding hydrogens is 139 g/mol. The van der Waals surface area contributed by atoms with E-state index >= 15 is 0 Å². The summed E-state index contributed by atoms with van der Waals surface area (Å²) in [6.45, 7) is 2.12. The molecule has 0 spiro atoms. The van der Waals surface area contributed by atoms with Crippen molar-refractivity contribution in [1.29, 1.82) is 0 Å². The van der Waals surface area contributed by atoms with Gasteiger partial charge in [0.25, 0.3) is 0 Å². The van der Waals surface area contributed by atoms with Gasteiger partial charge in [0.2, 0.25) is 0 Å². The van der Waals surface area contributed by atoms with Gasteiger partial charge in [-0.25, -0.2) is 0 Å². The van der Waals surface area contributed by atoms with Crippen molar-refractivity contribution >= 4 is 16.0 Å². The fourth-order valence-corrected chi connectivity index (χ4v) is 0.390. The van der Waals surface area contributed by atoms with E-state index in [9.17, 15) is 0 Å². The van der Waals surface area contributed by atoms with Crippen LogP contribution in [0.15, 0.2) is 0 Å². The van der Waals surface area contributed by atoms with E-state index in [0.29, 0.717) is 0 Å². The zero-order valence-corrected chi connectivity index (χ0v) is 5.54. The molecule has 0 saturated carbocycles. The molecule has 0 atom stereocenters. The molecule has 0 bridgehead atoms. The van der Waals surface area contributed by atoms with Crippen LogP contribution in [0.2, 0.25) is 0 Å². The molecule has 0 radical (unpaired) electrons. The van der Waals surface area contributed by atoms with Gasteiger partial charge < -0.3 is 0 Å². The van der Waals surface area contributed by atoms with Gasteiger partial charge in [-0.1, -0.05) is 0 Å². The third-order valence-corrected chi connectivity index (χ3v) is 0.750. The Hall–Kier alpha value is 0.0795. The third-order valence-electron chi connectivity index (χ3n) is 0.447. The van der Waals surface area contributed by atoms with E-state index in [0.717, 1.165) is 12.8 Å². The van der Waals surface area contributed by atoms with Crippen LogP contribution in [0.1, 0.15) is 19.8 Å². The standard InChI is InChI=1S/C5H8Se/c1-2-3-4-5-6/h6H,2-3H2,1H3/p-1. The topological polar surface area (TPSA) is 0 Å². The molecule has 0 fully saturated rings. The summed E-state index contributed by atoms with van der Waals surface area (Å²) < 4.78 is 0. The van der Waals surface area contributed by atoms with Crippen LogP contribution in [0.4, 0.5) is 0 Å². The third kappa shape index (κ3) is 4.08. The molecule has 0 saturated heterocycles. The molecule has 0 aliphatic heterocycles. The Labute approximate surface area is 47.1 Å². The number of rotatable bonds is 1. The minimum atomic E-state index is 1.02. The number of unbranched alkanes of at least 4 members (excludes halogenated alkanes) is 1. The molecular formula is C5H7Se-. The van der Waals surface area contributed by atoms with Crippen molar-refractivity contribution in [3.63, 3.8) is 0 Å². The van der Waals surface area contributed by atoms with Crippen molar-refractivity contribution in [2.45, 2.75) is 19.8 Å². The van der Waals surface area contributed by atoms with Gasteiger partial charge in [-0.3, -0.25) is 0 Å². The van der Waals surface area contributed by atoms with E-state index < -0.39 is 0 Å². The molecule has 0 aromatic heterocycles. The normalized spacial score (nSPS) is 6.17. The summed E-state index contributed by atoms with van der Waals surface area (Å²) >= 11 is 2.62. The second kappa shape index (κ2) is 5.08. The SMILES string of the molecule is CCCC#C[Se-]. The fraction of sp³-hybridized carbons (Fsp3) is 0.600. The summed E-state index contributed by atoms with van der Waals surface area (Å²) in [7, 11) is 0. The average Bonchev–Trinajstić information content (AvgIpc) is 1.61. The molecule has 6 heavy (non-hydrogen) atoms. The minimum absolute atomic E-state index is 1.02. The Kier molecular flexibility index (Phi) is 5.15. The van der Waals surface area contributed by atoms with E-state index in [1.807, 2.05) is 0 Å². The molecule has 0 N–H and O–H groups in total. The van der Waals surface area contributed by atoms with Crippen LogP contribution in [-0.2, 0) is 0 Å². The van der Waals surface area contributed by atoms with Gasteiger partial charge in [-0.15, -0.1) is 0 Å². The molecule has 1 heteroatoms. The molecule has 0 nitrogen and oxygen atoms in total. The number of hydrogen-bond acceptors (Lipinski definition) is 0. The first-order valence-electron chi connectivity index (χ1n) is 2.01. The summed E-state index contributed by atoms with van der Waals surface area (Å²) in [5, 5.41) is 0. The molecule has 0 aliphatic carbocycles. The second-order valence-corrected chi connectivity index (χ2v) is 1.46. The summed E-state index contributed by atoms with van der Waals surface area (Å²) in [6.07, 6.45) is 2.18. The first-order valence-corrected chi connectivity index (χ1v) is 2.87. The maximum absolute atomic E-state index is 2.89. The van der Waals surface area contributed by atoms with Crippen LogP contribution >= 0.6 is 0 Å². The van der Waals surface area contributed by atoms with Crippen LogP contribution in [0.3, 0.4) is 0 Å². The molecule has 0 heterocycles. The van der Waals surface area contributed by atoms with Gasteiger partial charge in [0.05, 0.1) is 0 Å². The fourth-order valence-electron chi connectivity index (χ4n) is 0.176. The molecule has 0 aromatic rings. The Morgan fingerprint density at radius 3 is 2.50 bits per heavy atom. The number of hydrogen-bond donors (Lipinski definition) is 0. The first kappa shape index (κ1) is 6.08. The Morgan fingerprint density at radius 1 is 1.67 bits per heavy atom. The van der Waals surface area contributed by atoms with Crippen LogP contribution in [-0.4, -0.2) is 16.0 Å². The van der Waals surface area contributed by atoms with E-state index in [4.69, 9.17) is 0 Å². The second-order valence-electron chi connectivity index (χ2n) is 1.03. The monoisotopic (exact) mass is 147 g/mol. The first-order chi connectivity index (χ1) is 2.91. The summed E-state index contributed by atoms with van der Waals surface area (Å²) in [5.41, 5.74) is 0. The average molecular weight is 146 g/mol. The molecule has 34 valence electrons. The molecule has 0 aliphatic rings. The Morgan fingerprint density at radius 2 is 2.33 bits per heavy atom. The van der Waals surface area contributed by atoms with Gasteiger partial charge in [0.15, 0.2) is 0 Å². The zero-order valence-electron chi connectivity index (χ0n) is 3.82. The molecule has 0 amide bonds. The summed E-state index contributed by atoms with van der Waals surface area (Å²) in [6, 6.07) is 0. The Balaban J connectivity index is 2.79. The van der Waals surface area contributed by atoms with Crippen LogP contribution in [0, 0.1) is 10.7 Å². The summed E-state index contributed by atoms with van der Waals surface area (Å²) in [4.78, 5) is 2.69. The molecule has 0 unspecified atom stereocenters. The zero-order chi connectivity index (χ0) is 4.83. The van der Waals surface area contributed by atoms with E-state index in [1.54, 1.807) is 0 Å². The van der Waals surface area contributed by atoms with Gasteiger partial charge in [0, 0.05) is 0 Å². The predicted molar refractivity (Wildman–Crippen MR) is 28.4 cm³/mol. The maximum atomic E-state index is 2.89. The van der Waals surface area contributed by atoms with Crippen LogP contribution in [0.25, 0.3) is 0 Å².